The van der Waals surface area contributed by atoms with Crippen molar-refractivity contribution >= 4 is 43.2 Å². The molecule has 0 aliphatic carbocycles. The molecule has 0 spiro atoms. The Kier molecular flexibility index (Phi) is 7.15. The minimum atomic E-state index is -3.70. The van der Waals surface area contributed by atoms with Crippen LogP contribution in [0.5, 0.6) is 0 Å². The molecule has 0 aliphatic heterocycles. The summed E-state index contributed by atoms with van der Waals surface area (Å²) in [7, 11) is -3.70. The molecule has 0 aliphatic rings. The van der Waals surface area contributed by atoms with Gasteiger partial charge in [0.2, 0.25) is 10.0 Å². The molecule has 0 radical (unpaired) electrons. The summed E-state index contributed by atoms with van der Waals surface area (Å²) in [4.78, 5) is 23.3. The van der Waals surface area contributed by atoms with E-state index >= 15 is 0 Å². The van der Waals surface area contributed by atoms with Crippen LogP contribution in [0.25, 0.3) is 0 Å². The number of nitrogens with one attached hydrogen (secondary N) is 1. The molecule has 0 unspecified atom stereocenters. The van der Waals surface area contributed by atoms with Crippen LogP contribution in [-0.4, -0.2) is 36.6 Å². The minimum Gasteiger partial charge on any atom is -0.322 e. The lowest BCUT2D eigenvalue weighted by Gasteiger charge is -2.20. The number of nitro groups is 1. The number of carbonyl (C=O) groups excluding carboxylic acids is 1. The molecule has 8 nitrogen and oxygen atoms in total. The van der Waals surface area contributed by atoms with Gasteiger partial charge in [-0.15, -0.1) is 0 Å². The quantitative estimate of drug-likeness (QED) is 0.467. The second-order valence-corrected chi connectivity index (χ2v) is 9.17. The maximum absolute atomic E-state index is 12.9. The zero-order chi connectivity index (χ0) is 21.9. The lowest BCUT2D eigenvalue weighted by molar-refractivity contribution is -0.385. The first kappa shape index (κ1) is 23.0. The van der Waals surface area contributed by atoms with Crippen LogP contribution >= 0.6 is 15.9 Å². The van der Waals surface area contributed by atoms with Crippen molar-refractivity contribution in [3.63, 3.8) is 0 Å². The van der Waals surface area contributed by atoms with Crippen molar-refractivity contribution in [2.24, 2.45) is 0 Å². The molecule has 1 N–H and O–H groups in total. The van der Waals surface area contributed by atoms with Gasteiger partial charge in [-0.05, 0) is 65.2 Å². The first-order chi connectivity index (χ1) is 13.5. The number of amides is 1. The van der Waals surface area contributed by atoms with E-state index in [1.165, 1.54) is 22.5 Å². The summed E-state index contributed by atoms with van der Waals surface area (Å²) in [5, 5.41) is 13.8. The molecule has 10 heteroatoms. The Balaban J connectivity index is 2.46. The molecular weight excluding hydrogens is 462 g/mol. The molecule has 0 bridgehead atoms. The number of nitro benzene ring substituents is 1. The molecule has 2 aromatic carbocycles. The van der Waals surface area contributed by atoms with Gasteiger partial charge in [-0.1, -0.05) is 13.8 Å². The van der Waals surface area contributed by atoms with Crippen molar-refractivity contribution in [2.45, 2.75) is 32.6 Å². The molecular formula is C19H22BrN3O5S. The van der Waals surface area contributed by atoms with Crippen molar-refractivity contribution in [3.8, 4) is 0 Å². The van der Waals surface area contributed by atoms with Gasteiger partial charge in [-0.25, -0.2) is 8.42 Å². The number of nitrogens with zero attached hydrogens (tertiary/aromatic N) is 2. The van der Waals surface area contributed by atoms with E-state index < -0.39 is 20.9 Å². The van der Waals surface area contributed by atoms with Crippen LogP contribution < -0.4 is 5.32 Å². The summed E-state index contributed by atoms with van der Waals surface area (Å²) < 4.78 is 27.3. The average Bonchev–Trinajstić information content (AvgIpc) is 2.65. The van der Waals surface area contributed by atoms with Crippen LogP contribution in [0.3, 0.4) is 0 Å². The van der Waals surface area contributed by atoms with Crippen LogP contribution in [0.1, 0.15) is 35.3 Å². The van der Waals surface area contributed by atoms with Gasteiger partial charge in [0.05, 0.1) is 14.3 Å². The number of sulfonamides is 1. The highest BCUT2D eigenvalue weighted by Crippen LogP contribution is 2.28. The molecule has 0 atom stereocenters. The Bertz CT molecular complexity index is 1070. The first-order valence-corrected chi connectivity index (χ1v) is 11.1. The Morgan fingerprint density at radius 2 is 1.79 bits per heavy atom. The Labute approximate surface area is 178 Å². The van der Waals surface area contributed by atoms with Gasteiger partial charge >= 0.3 is 0 Å². The smallest absolute Gasteiger partial charge is 0.284 e. The molecule has 0 aromatic heterocycles. The standard InChI is InChI=1S/C19H22BrN3O5S/c1-5-22(6-2)29(27,28)15-9-12(3)13(4)17(11-15)21-19(24)14-7-8-16(20)18(10-14)23(25)26/h7-11H,5-6H2,1-4H3,(H,21,24). The van der Waals surface area contributed by atoms with Crippen molar-refractivity contribution in [2.75, 3.05) is 18.4 Å². The van der Waals surface area contributed by atoms with Gasteiger partial charge in [0.25, 0.3) is 11.6 Å². The van der Waals surface area contributed by atoms with Gasteiger partial charge in [-0.2, -0.15) is 4.31 Å². The Morgan fingerprint density at radius 1 is 1.17 bits per heavy atom. The van der Waals surface area contributed by atoms with E-state index in [2.05, 4.69) is 21.2 Å². The summed E-state index contributed by atoms with van der Waals surface area (Å²) in [6.45, 7) is 7.70. The van der Waals surface area contributed by atoms with Crippen molar-refractivity contribution in [1.29, 1.82) is 0 Å². The molecule has 2 aromatic rings. The molecule has 0 saturated heterocycles. The van der Waals surface area contributed by atoms with E-state index in [0.717, 1.165) is 6.07 Å². The zero-order valence-corrected chi connectivity index (χ0v) is 18.9. The van der Waals surface area contributed by atoms with Crippen LogP contribution in [0.2, 0.25) is 0 Å². The fourth-order valence-corrected chi connectivity index (χ4v) is 4.77. The van der Waals surface area contributed by atoms with E-state index in [0.29, 0.717) is 29.9 Å². The van der Waals surface area contributed by atoms with Crippen molar-refractivity contribution in [3.05, 3.63) is 61.6 Å². The van der Waals surface area contributed by atoms with Crippen LogP contribution in [0, 0.1) is 24.0 Å². The number of anilines is 1. The van der Waals surface area contributed by atoms with Gasteiger partial charge in [0, 0.05) is 30.4 Å². The maximum Gasteiger partial charge on any atom is 0.284 e. The number of carbonyl (C=O) groups is 1. The highest BCUT2D eigenvalue weighted by Gasteiger charge is 2.24. The third-order valence-electron chi connectivity index (χ3n) is 4.64. The fourth-order valence-electron chi connectivity index (χ4n) is 2.81. The highest BCUT2D eigenvalue weighted by atomic mass is 79.9. The zero-order valence-electron chi connectivity index (χ0n) is 16.5. The molecule has 0 fully saturated rings. The fraction of sp³-hybridized carbons (Fsp3) is 0.316. The lowest BCUT2D eigenvalue weighted by Crippen LogP contribution is -2.30. The number of halogens is 1. The topological polar surface area (TPSA) is 110 Å². The Hall–Kier alpha value is -2.30. The number of rotatable bonds is 7. The van der Waals surface area contributed by atoms with E-state index in [4.69, 9.17) is 0 Å². The molecule has 29 heavy (non-hydrogen) atoms. The molecule has 0 saturated carbocycles. The summed E-state index contributed by atoms with van der Waals surface area (Å²) in [6.07, 6.45) is 0. The number of hydrogen-bond acceptors (Lipinski definition) is 5. The van der Waals surface area contributed by atoms with E-state index in [9.17, 15) is 23.3 Å². The van der Waals surface area contributed by atoms with E-state index in [-0.39, 0.29) is 20.6 Å². The minimum absolute atomic E-state index is 0.0846. The lowest BCUT2D eigenvalue weighted by atomic mass is 10.1. The molecule has 156 valence electrons. The van der Waals surface area contributed by atoms with Crippen LogP contribution in [0.15, 0.2) is 39.7 Å². The summed E-state index contributed by atoms with van der Waals surface area (Å²) >= 11 is 3.08. The molecule has 0 heterocycles. The largest absolute Gasteiger partial charge is 0.322 e. The highest BCUT2D eigenvalue weighted by molar-refractivity contribution is 9.10. The second-order valence-electron chi connectivity index (χ2n) is 6.38. The third kappa shape index (κ3) is 4.82. The van der Waals surface area contributed by atoms with Gasteiger partial charge in [0.1, 0.15) is 0 Å². The summed E-state index contributed by atoms with van der Waals surface area (Å²) in [5.41, 5.74) is 1.61. The first-order valence-electron chi connectivity index (χ1n) is 8.89. The Morgan fingerprint density at radius 3 is 2.34 bits per heavy atom. The summed E-state index contributed by atoms with van der Waals surface area (Å²) in [6, 6.07) is 7.03. The van der Waals surface area contributed by atoms with E-state index in [1.807, 2.05) is 0 Å². The van der Waals surface area contributed by atoms with Crippen LogP contribution in [0.4, 0.5) is 11.4 Å². The SMILES string of the molecule is CCN(CC)S(=O)(=O)c1cc(C)c(C)c(NC(=O)c2ccc(Br)c([N+](=O)[O-])c2)c1. The monoisotopic (exact) mass is 483 g/mol. The van der Waals surface area contributed by atoms with Crippen molar-refractivity contribution < 1.29 is 18.1 Å². The number of benzene rings is 2. The number of hydrogen-bond donors (Lipinski definition) is 1. The van der Waals surface area contributed by atoms with Crippen LogP contribution in [-0.2, 0) is 10.0 Å². The normalized spacial score (nSPS) is 11.5. The predicted molar refractivity (Wildman–Crippen MR) is 115 cm³/mol. The van der Waals surface area contributed by atoms with E-state index in [1.54, 1.807) is 33.8 Å². The number of aryl methyl sites for hydroxylation is 1. The second kappa shape index (κ2) is 9.02. The summed E-state index contributed by atoms with van der Waals surface area (Å²) in [5.74, 6) is -0.569. The predicted octanol–water partition coefficient (Wildman–Crippen LogP) is 4.26. The molecule has 2 rings (SSSR count). The third-order valence-corrected chi connectivity index (χ3v) is 7.34. The maximum atomic E-state index is 12.9. The van der Waals surface area contributed by atoms with Gasteiger partial charge in [-0.3, -0.25) is 14.9 Å². The van der Waals surface area contributed by atoms with Crippen molar-refractivity contribution in [1.82, 2.24) is 4.31 Å². The van der Waals surface area contributed by atoms with Gasteiger partial charge in [0.15, 0.2) is 0 Å². The average molecular weight is 484 g/mol. The molecule has 1 amide bonds. The van der Waals surface area contributed by atoms with Gasteiger partial charge < -0.3 is 5.32 Å².